The van der Waals surface area contributed by atoms with E-state index in [9.17, 15) is 22.8 Å². The van der Waals surface area contributed by atoms with Crippen molar-refractivity contribution in [2.45, 2.75) is 26.4 Å². The number of aromatic nitrogens is 1. The van der Waals surface area contributed by atoms with Crippen LogP contribution in [0.3, 0.4) is 0 Å². The maximum absolute atomic E-state index is 13.2. The fraction of sp³-hybridized carbons (Fsp3) is 0.208. The highest BCUT2D eigenvalue weighted by Gasteiger charge is 2.31. The number of alkyl halides is 3. The van der Waals surface area contributed by atoms with Gasteiger partial charge >= 0.3 is 6.18 Å². The molecular formula is C24H19ClF3N3O2. The Labute approximate surface area is 193 Å². The molecule has 0 aliphatic carbocycles. The van der Waals surface area contributed by atoms with E-state index >= 15 is 0 Å². The molecule has 0 spiro atoms. The zero-order valence-corrected chi connectivity index (χ0v) is 18.5. The number of rotatable bonds is 3. The van der Waals surface area contributed by atoms with Crippen molar-refractivity contribution in [1.82, 2.24) is 4.98 Å². The summed E-state index contributed by atoms with van der Waals surface area (Å²) in [6.07, 6.45) is -4.43. The Balaban J connectivity index is 1.66. The first kappa shape index (κ1) is 22.8. The molecule has 1 N–H and O–H groups in total. The zero-order valence-electron chi connectivity index (χ0n) is 17.8. The van der Waals surface area contributed by atoms with E-state index in [1.165, 1.54) is 17.0 Å². The minimum atomic E-state index is -4.47. The van der Waals surface area contributed by atoms with Crippen molar-refractivity contribution in [2.24, 2.45) is 0 Å². The molecule has 3 aromatic rings. The first-order chi connectivity index (χ1) is 15.5. The summed E-state index contributed by atoms with van der Waals surface area (Å²) in [6.45, 7) is 3.32. The minimum Gasteiger partial charge on any atom is -0.325 e. The van der Waals surface area contributed by atoms with Crippen LogP contribution in [0.2, 0.25) is 5.02 Å². The fourth-order valence-corrected chi connectivity index (χ4v) is 4.15. The van der Waals surface area contributed by atoms with Gasteiger partial charge in [-0.1, -0.05) is 17.7 Å². The number of anilines is 2. The second-order valence-corrected chi connectivity index (χ2v) is 8.26. The molecule has 0 radical (unpaired) electrons. The van der Waals surface area contributed by atoms with Crippen LogP contribution in [0.25, 0.3) is 11.1 Å². The van der Waals surface area contributed by atoms with Gasteiger partial charge in [0, 0.05) is 27.7 Å². The summed E-state index contributed by atoms with van der Waals surface area (Å²) in [4.78, 5) is 31.8. The standard InChI is InChI=1S/C24H19ClF3N3O2/c1-13-9-20-23(14(2)29-13)19-8-5-17(25)10-15(19)11-22(33)31(20)12-21(32)30-18-6-3-16(4-7-18)24(26,27)28/h3-10H,11-12H2,1-2H3,(H,30,32). The molecule has 2 amide bonds. The van der Waals surface area contributed by atoms with Gasteiger partial charge in [-0.15, -0.1) is 0 Å². The van der Waals surface area contributed by atoms with Crippen LogP contribution in [0.5, 0.6) is 0 Å². The summed E-state index contributed by atoms with van der Waals surface area (Å²) >= 11 is 6.14. The Morgan fingerprint density at radius 3 is 2.48 bits per heavy atom. The molecule has 1 aliphatic rings. The summed E-state index contributed by atoms with van der Waals surface area (Å²) < 4.78 is 38.3. The van der Waals surface area contributed by atoms with Crippen LogP contribution >= 0.6 is 11.6 Å². The highest BCUT2D eigenvalue weighted by molar-refractivity contribution is 6.30. The van der Waals surface area contributed by atoms with E-state index in [1.54, 1.807) is 25.1 Å². The average Bonchev–Trinajstić information content (AvgIpc) is 2.82. The summed E-state index contributed by atoms with van der Waals surface area (Å²) in [5.41, 5.74) is 3.61. The van der Waals surface area contributed by atoms with Gasteiger partial charge < -0.3 is 10.2 Å². The monoisotopic (exact) mass is 473 g/mol. The van der Waals surface area contributed by atoms with Crippen molar-refractivity contribution < 1.29 is 22.8 Å². The van der Waals surface area contributed by atoms with Crippen molar-refractivity contribution in [3.05, 3.63) is 76.1 Å². The van der Waals surface area contributed by atoms with E-state index in [-0.39, 0.29) is 24.6 Å². The molecule has 5 nitrogen and oxygen atoms in total. The molecule has 2 aromatic carbocycles. The summed E-state index contributed by atoms with van der Waals surface area (Å²) in [5, 5.41) is 3.06. The van der Waals surface area contributed by atoms with Gasteiger partial charge in [-0.05, 0) is 67.4 Å². The Hall–Kier alpha value is -3.39. The SMILES string of the molecule is Cc1cc2c(c(C)n1)-c1ccc(Cl)cc1CC(=O)N2CC(=O)Nc1ccc(C(F)(F)F)cc1. The van der Waals surface area contributed by atoms with Crippen LogP contribution in [0.4, 0.5) is 24.5 Å². The number of carbonyl (C=O) groups is 2. The Kier molecular flexibility index (Phi) is 5.88. The maximum Gasteiger partial charge on any atom is 0.416 e. The number of aryl methyl sites for hydroxylation is 2. The lowest BCUT2D eigenvalue weighted by Crippen LogP contribution is -2.38. The van der Waals surface area contributed by atoms with Crippen LogP contribution in [0, 0.1) is 13.8 Å². The molecule has 170 valence electrons. The lowest BCUT2D eigenvalue weighted by atomic mass is 9.96. The quantitative estimate of drug-likeness (QED) is 0.541. The Morgan fingerprint density at radius 1 is 1.12 bits per heavy atom. The predicted octanol–water partition coefficient (Wildman–Crippen LogP) is 5.57. The van der Waals surface area contributed by atoms with Gasteiger partial charge in [0.2, 0.25) is 11.8 Å². The van der Waals surface area contributed by atoms with Crippen LogP contribution in [-0.4, -0.2) is 23.3 Å². The number of amides is 2. The van der Waals surface area contributed by atoms with Crippen LogP contribution < -0.4 is 10.2 Å². The summed E-state index contributed by atoms with van der Waals surface area (Å²) in [7, 11) is 0. The van der Waals surface area contributed by atoms with E-state index in [0.717, 1.165) is 28.8 Å². The lowest BCUT2D eigenvalue weighted by Gasteiger charge is -2.24. The second kappa shape index (κ2) is 8.51. The molecule has 0 saturated heterocycles. The molecule has 0 saturated carbocycles. The number of hydrogen-bond donors (Lipinski definition) is 1. The third kappa shape index (κ3) is 4.71. The van der Waals surface area contributed by atoms with Gasteiger partial charge in [-0.2, -0.15) is 13.2 Å². The third-order valence-electron chi connectivity index (χ3n) is 5.38. The minimum absolute atomic E-state index is 0.0383. The first-order valence-electron chi connectivity index (χ1n) is 10.1. The molecule has 9 heteroatoms. The number of benzene rings is 2. The van der Waals surface area contributed by atoms with Crippen molar-refractivity contribution in [1.29, 1.82) is 0 Å². The molecule has 4 rings (SSSR count). The van der Waals surface area contributed by atoms with Gasteiger partial charge in [0.05, 0.1) is 17.7 Å². The van der Waals surface area contributed by atoms with Crippen LogP contribution in [-0.2, 0) is 22.2 Å². The summed E-state index contributed by atoms with van der Waals surface area (Å²) in [6, 6.07) is 11.2. The fourth-order valence-electron chi connectivity index (χ4n) is 3.96. The van der Waals surface area contributed by atoms with Crippen molar-refractivity contribution in [2.75, 3.05) is 16.8 Å². The van der Waals surface area contributed by atoms with Crippen LogP contribution in [0.1, 0.15) is 22.5 Å². The normalized spacial score (nSPS) is 13.3. The number of halogens is 4. The molecule has 0 atom stereocenters. The number of hydrogen-bond acceptors (Lipinski definition) is 3. The largest absolute Gasteiger partial charge is 0.416 e. The molecule has 1 aliphatic heterocycles. The molecule has 0 unspecified atom stereocenters. The Morgan fingerprint density at radius 2 is 1.82 bits per heavy atom. The van der Waals surface area contributed by atoms with E-state index in [1.807, 2.05) is 13.0 Å². The van der Waals surface area contributed by atoms with Crippen LogP contribution in [0.15, 0.2) is 48.5 Å². The van der Waals surface area contributed by atoms with Gasteiger partial charge in [0.1, 0.15) is 6.54 Å². The number of fused-ring (bicyclic) bond motifs is 3. The number of pyridine rings is 1. The van der Waals surface area contributed by atoms with Gasteiger partial charge in [0.25, 0.3) is 0 Å². The van der Waals surface area contributed by atoms with E-state index in [2.05, 4.69) is 10.3 Å². The maximum atomic E-state index is 13.2. The molecule has 1 aromatic heterocycles. The molecular weight excluding hydrogens is 455 g/mol. The number of nitrogens with one attached hydrogen (secondary N) is 1. The average molecular weight is 474 g/mol. The van der Waals surface area contributed by atoms with E-state index in [4.69, 9.17) is 11.6 Å². The number of carbonyl (C=O) groups excluding carboxylic acids is 2. The van der Waals surface area contributed by atoms with Gasteiger partial charge in [0.15, 0.2) is 0 Å². The second-order valence-electron chi connectivity index (χ2n) is 7.82. The van der Waals surface area contributed by atoms with Gasteiger partial charge in [-0.3, -0.25) is 14.6 Å². The van der Waals surface area contributed by atoms with Crippen molar-refractivity contribution in [3.63, 3.8) is 0 Å². The van der Waals surface area contributed by atoms with E-state index < -0.39 is 17.6 Å². The first-order valence-corrected chi connectivity index (χ1v) is 10.5. The predicted molar refractivity (Wildman–Crippen MR) is 120 cm³/mol. The highest BCUT2D eigenvalue weighted by atomic mass is 35.5. The number of nitrogens with zero attached hydrogens (tertiary/aromatic N) is 2. The lowest BCUT2D eigenvalue weighted by molar-refractivity contribution is -0.137. The van der Waals surface area contributed by atoms with E-state index in [0.29, 0.717) is 22.1 Å². The molecule has 0 bridgehead atoms. The summed E-state index contributed by atoms with van der Waals surface area (Å²) in [5.74, 6) is -0.838. The zero-order chi connectivity index (χ0) is 23.9. The molecule has 2 heterocycles. The Bertz CT molecular complexity index is 1260. The highest BCUT2D eigenvalue weighted by Crippen LogP contribution is 2.40. The van der Waals surface area contributed by atoms with Crippen molar-refractivity contribution >= 4 is 34.8 Å². The third-order valence-corrected chi connectivity index (χ3v) is 5.61. The van der Waals surface area contributed by atoms with Gasteiger partial charge in [-0.25, -0.2) is 0 Å². The molecule has 0 fully saturated rings. The topological polar surface area (TPSA) is 62.3 Å². The van der Waals surface area contributed by atoms with Crippen molar-refractivity contribution in [3.8, 4) is 11.1 Å². The molecule has 33 heavy (non-hydrogen) atoms. The smallest absolute Gasteiger partial charge is 0.325 e.